The van der Waals surface area contributed by atoms with E-state index in [1.165, 1.54) is 12.1 Å². The molecular weight excluding hydrogens is 400 g/mol. The van der Waals surface area contributed by atoms with Crippen molar-refractivity contribution in [2.24, 2.45) is 7.05 Å². The standard InChI is InChI=1S/C22H22N4O3S/c1-26-20-7-3-2-6-17(20)13-21(26)30(28,29)19-10-8-18(9-11-19)25-22(27)24-15-16-5-4-12-23-14-16/h2-14,22,24-25,27H,15H2,1H3. The molecule has 4 aromatic rings. The number of anilines is 1. The lowest BCUT2D eigenvalue weighted by atomic mass is 10.2. The van der Waals surface area contributed by atoms with Gasteiger partial charge in [0.05, 0.1) is 4.90 Å². The Labute approximate surface area is 174 Å². The highest BCUT2D eigenvalue weighted by molar-refractivity contribution is 7.91. The molecule has 2 heterocycles. The molecule has 7 nitrogen and oxygen atoms in total. The number of para-hydroxylation sites is 1. The number of benzene rings is 2. The van der Waals surface area contributed by atoms with E-state index < -0.39 is 16.2 Å². The molecule has 2 aromatic heterocycles. The van der Waals surface area contributed by atoms with Gasteiger partial charge in [0.1, 0.15) is 5.03 Å². The van der Waals surface area contributed by atoms with Crippen molar-refractivity contribution < 1.29 is 13.5 Å². The van der Waals surface area contributed by atoms with Crippen LogP contribution in [0, 0.1) is 0 Å². The lowest BCUT2D eigenvalue weighted by Gasteiger charge is -2.16. The van der Waals surface area contributed by atoms with Gasteiger partial charge in [0, 0.05) is 42.6 Å². The summed E-state index contributed by atoms with van der Waals surface area (Å²) < 4.78 is 27.9. The zero-order valence-corrected chi connectivity index (χ0v) is 17.2. The Kier molecular flexibility index (Phi) is 5.54. The van der Waals surface area contributed by atoms with E-state index >= 15 is 0 Å². The normalized spacial score (nSPS) is 12.7. The average molecular weight is 423 g/mol. The fourth-order valence-electron chi connectivity index (χ4n) is 3.30. The molecule has 2 aromatic carbocycles. The summed E-state index contributed by atoms with van der Waals surface area (Å²) >= 11 is 0. The van der Waals surface area contributed by atoms with Crippen LogP contribution in [0.5, 0.6) is 0 Å². The summed E-state index contributed by atoms with van der Waals surface area (Å²) in [5, 5.41) is 17.0. The highest BCUT2D eigenvalue weighted by Gasteiger charge is 2.22. The van der Waals surface area contributed by atoms with Gasteiger partial charge in [-0.05, 0) is 48.0 Å². The molecule has 154 valence electrons. The van der Waals surface area contributed by atoms with E-state index in [4.69, 9.17) is 0 Å². The Balaban J connectivity index is 1.47. The van der Waals surface area contributed by atoms with E-state index in [0.29, 0.717) is 12.2 Å². The molecule has 8 heteroatoms. The largest absolute Gasteiger partial charge is 0.361 e. The van der Waals surface area contributed by atoms with E-state index in [-0.39, 0.29) is 9.92 Å². The van der Waals surface area contributed by atoms with Crippen LogP contribution in [0.3, 0.4) is 0 Å². The molecule has 0 amide bonds. The van der Waals surface area contributed by atoms with Crippen LogP contribution < -0.4 is 10.6 Å². The molecule has 3 N–H and O–H groups in total. The molecule has 4 rings (SSSR count). The van der Waals surface area contributed by atoms with Gasteiger partial charge in [0.15, 0.2) is 6.35 Å². The molecular formula is C22H22N4O3S. The number of pyridine rings is 1. The van der Waals surface area contributed by atoms with E-state index in [2.05, 4.69) is 15.6 Å². The first-order valence-electron chi connectivity index (χ1n) is 9.42. The predicted octanol–water partition coefficient (Wildman–Crippen LogP) is 2.88. The molecule has 0 saturated heterocycles. The summed E-state index contributed by atoms with van der Waals surface area (Å²) in [6.45, 7) is 0.440. The molecule has 0 aliphatic carbocycles. The highest BCUT2D eigenvalue weighted by Crippen LogP contribution is 2.27. The molecule has 0 aliphatic rings. The van der Waals surface area contributed by atoms with E-state index in [1.54, 1.807) is 42.2 Å². The number of fused-ring (bicyclic) bond motifs is 1. The van der Waals surface area contributed by atoms with Crippen LogP contribution >= 0.6 is 0 Å². The number of aliphatic hydroxyl groups is 1. The molecule has 1 atom stereocenters. The zero-order chi connectivity index (χ0) is 21.1. The summed E-state index contributed by atoms with van der Waals surface area (Å²) in [5.41, 5.74) is 2.39. The van der Waals surface area contributed by atoms with Gasteiger partial charge in [-0.3, -0.25) is 10.3 Å². The molecule has 0 radical (unpaired) electrons. The van der Waals surface area contributed by atoms with Crippen molar-refractivity contribution in [3.63, 3.8) is 0 Å². The van der Waals surface area contributed by atoms with Crippen molar-refractivity contribution in [1.82, 2.24) is 14.9 Å². The Bertz CT molecular complexity index is 1250. The first-order valence-corrected chi connectivity index (χ1v) is 10.9. The Morgan fingerprint density at radius 2 is 1.83 bits per heavy atom. The van der Waals surface area contributed by atoms with Crippen LogP contribution in [0.2, 0.25) is 0 Å². The monoisotopic (exact) mass is 422 g/mol. The molecule has 30 heavy (non-hydrogen) atoms. The van der Waals surface area contributed by atoms with Gasteiger partial charge in [-0.15, -0.1) is 0 Å². The Hall–Kier alpha value is -3.20. The Morgan fingerprint density at radius 1 is 1.07 bits per heavy atom. The van der Waals surface area contributed by atoms with Crippen LogP contribution in [0.25, 0.3) is 10.9 Å². The minimum atomic E-state index is -3.67. The second-order valence-electron chi connectivity index (χ2n) is 6.92. The van der Waals surface area contributed by atoms with E-state index in [0.717, 1.165) is 16.5 Å². The summed E-state index contributed by atoms with van der Waals surface area (Å²) in [7, 11) is -1.93. The predicted molar refractivity (Wildman–Crippen MR) is 116 cm³/mol. The van der Waals surface area contributed by atoms with Gasteiger partial charge >= 0.3 is 0 Å². The topological polar surface area (TPSA) is 96.2 Å². The first-order chi connectivity index (χ1) is 14.4. The maximum Gasteiger partial charge on any atom is 0.222 e. The SMILES string of the molecule is Cn1c(S(=O)(=O)c2ccc(NC(O)NCc3cccnc3)cc2)cc2ccccc21. The fourth-order valence-corrected chi connectivity index (χ4v) is 4.78. The molecule has 0 spiro atoms. The second kappa shape index (κ2) is 8.27. The molecule has 0 bridgehead atoms. The van der Waals surface area contributed by atoms with Crippen LogP contribution in [0.4, 0.5) is 5.69 Å². The number of hydrogen-bond donors (Lipinski definition) is 3. The molecule has 0 aliphatic heterocycles. The smallest absolute Gasteiger partial charge is 0.222 e. The van der Waals surface area contributed by atoms with Crippen molar-refractivity contribution in [2.75, 3.05) is 5.32 Å². The lowest BCUT2D eigenvalue weighted by molar-refractivity contribution is 0.163. The Morgan fingerprint density at radius 3 is 2.53 bits per heavy atom. The van der Waals surface area contributed by atoms with Gasteiger partial charge in [-0.2, -0.15) is 0 Å². The lowest BCUT2D eigenvalue weighted by Crippen LogP contribution is -2.35. The summed E-state index contributed by atoms with van der Waals surface area (Å²) in [4.78, 5) is 4.22. The van der Waals surface area contributed by atoms with Crippen molar-refractivity contribution in [3.8, 4) is 0 Å². The summed E-state index contributed by atoms with van der Waals surface area (Å²) in [6.07, 6.45) is 2.41. The minimum Gasteiger partial charge on any atom is -0.361 e. The molecule has 0 fully saturated rings. The molecule has 0 saturated carbocycles. The van der Waals surface area contributed by atoms with Crippen LogP contribution in [0.15, 0.2) is 89.0 Å². The zero-order valence-electron chi connectivity index (χ0n) is 16.4. The van der Waals surface area contributed by atoms with Gasteiger partial charge in [0.2, 0.25) is 9.84 Å². The third-order valence-corrected chi connectivity index (χ3v) is 6.71. The van der Waals surface area contributed by atoms with Gasteiger partial charge in [-0.25, -0.2) is 8.42 Å². The quantitative estimate of drug-likeness (QED) is 0.396. The minimum absolute atomic E-state index is 0.191. The van der Waals surface area contributed by atoms with Crippen molar-refractivity contribution in [2.45, 2.75) is 22.8 Å². The van der Waals surface area contributed by atoms with Crippen molar-refractivity contribution >= 4 is 26.4 Å². The third-order valence-electron chi connectivity index (χ3n) is 4.87. The van der Waals surface area contributed by atoms with Crippen LogP contribution in [-0.4, -0.2) is 29.4 Å². The van der Waals surface area contributed by atoms with E-state index in [1.807, 2.05) is 36.4 Å². The maximum absolute atomic E-state index is 13.1. The second-order valence-corrected chi connectivity index (χ2v) is 8.81. The van der Waals surface area contributed by atoms with Crippen molar-refractivity contribution in [1.29, 1.82) is 0 Å². The van der Waals surface area contributed by atoms with Crippen LogP contribution in [-0.2, 0) is 23.4 Å². The van der Waals surface area contributed by atoms with Crippen molar-refractivity contribution in [3.05, 3.63) is 84.7 Å². The van der Waals surface area contributed by atoms with E-state index in [9.17, 15) is 13.5 Å². The average Bonchev–Trinajstić information content (AvgIpc) is 3.11. The summed E-state index contributed by atoms with van der Waals surface area (Å²) in [5.74, 6) is 0. The number of nitrogens with one attached hydrogen (secondary N) is 2. The number of rotatable bonds is 7. The van der Waals surface area contributed by atoms with Crippen LogP contribution in [0.1, 0.15) is 5.56 Å². The number of aryl methyl sites for hydroxylation is 1. The number of aromatic nitrogens is 2. The molecule has 1 unspecified atom stereocenters. The number of hydrogen-bond acceptors (Lipinski definition) is 6. The highest BCUT2D eigenvalue weighted by atomic mass is 32.2. The number of sulfone groups is 1. The number of aliphatic hydroxyl groups excluding tert-OH is 1. The van der Waals surface area contributed by atoms with Gasteiger partial charge < -0.3 is 15.0 Å². The van der Waals surface area contributed by atoms with Gasteiger partial charge in [-0.1, -0.05) is 24.3 Å². The third kappa shape index (κ3) is 4.06. The number of nitrogens with zero attached hydrogens (tertiary/aromatic N) is 2. The fraction of sp³-hybridized carbons (Fsp3) is 0.136. The van der Waals surface area contributed by atoms with Gasteiger partial charge in [0.25, 0.3) is 0 Å². The first kappa shape index (κ1) is 20.1. The summed E-state index contributed by atoms with van der Waals surface area (Å²) in [6, 6.07) is 19.3. The maximum atomic E-state index is 13.1.